The van der Waals surface area contributed by atoms with Gasteiger partial charge in [-0.3, -0.25) is 4.79 Å². The molecule has 1 saturated carbocycles. The Morgan fingerprint density at radius 3 is 2.76 bits per heavy atom. The minimum absolute atomic E-state index is 0.168. The van der Waals surface area contributed by atoms with Crippen LogP contribution >= 0.6 is 0 Å². The highest BCUT2D eigenvalue weighted by Crippen LogP contribution is 2.28. The van der Waals surface area contributed by atoms with Crippen LogP contribution < -0.4 is 20.7 Å². The van der Waals surface area contributed by atoms with Gasteiger partial charge in [0.2, 0.25) is 5.91 Å². The molecule has 3 rings (SSSR count). The number of aliphatic imine (C=N–C) groups is 1. The highest BCUT2D eigenvalue weighted by atomic mass is 16.5. The number of rotatable bonds is 10. The molecule has 1 atom stereocenters. The standard InChI is InChI=1S/C22H34N4O3/c1-3-23-22(25-11-10-24-21(27)17-8-9-17)26-14-18-7-6-16(2)13-20(18)29-15-19-5-4-12-28-19/h6-7,13,17,19H,3-5,8-12,14-15H2,1-2H3,(H,24,27)(H2,23,25,26). The lowest BCUT2D eigenvalue weighted by molar-refractivity contribution is -0.122. The van der Waals surface area contributed by atoms with Crippen LogP contribution in [0.25, 0.3) is 0 Å². The fourth-order valence-corrected chi connectivity index (χ4v) is 3.25. The molecule has 0 aromatic heterocycles. The van der Waals surface area contributed by atoms with Gasteiger partial charge >= 0.3 is 0 Å². The van der Waals surface area contributed by atoms with Crippen molar-refractivity contribution in [3.63, 3.8) is 0 Å². The molecular weight excluding hydrogens is 368 g/mol. The Labute approximate surface area is 173 Å². The molecule has 1 aromatic carbocycles. The third-order valence-electron chi connectivity index (χ3n) is 5.09. The molecule has 0 spiro atoms. The van der Waals surface area contributed by atoms with Crippen molar-refractivity contribution >= 4 is 11.9 Å². The van der Waals surface area contributed by atoms with E-state index in [-0.39, 0.29) is 17.9 Å². The normalized spacial score (nSPS) is 19.1. The first-order valence-electron chi connectivity index (χ1n) is 10.8. The first-order chi connectivity index (χ1) is 14.2. The molecule has 7 nitrogen and oxygen atoms in total. The fraction of sp³-hybridized carbons (Fsp3) is 0.636. The van der Waals surface area contributed by atoms with E-state index in [2.05, 4.69) is 46.1 Å². The van der Waals surface area contributed by atoms with Crippen LogP contribution in [-0.2, 0) is 16.1 Å². The number of carbonyl (C=O) groups excluding carboxylic acids is 1. The number of amides is 1. The van der Waals surface area contributed by atoms with E-state index < -0.39 is 0 Å². The van der Waals surface area contributed by atoms with Gasteiger partial charge in [0.1, 0.15) is 12.4 Å². The molecule has 1 amide bonds. The number of guanidine groups is 1. The summed E-state index contributed by atoms with van der Waals surface area (Å²) in [5, 5.41) is 9.48. The van der Waals surface area contributed by atoms with E-state index in [1.54, 1.807) is 0 Å². The summed E-state index contributed by atoms with van der Waals surface area (Å²) in [6.45, 7) is 8.04. The minimum atomic E-state index is 0.168. The second-order valence-electron chi connectivity index (χ2n) is 7.74. The molecule has 1 unspecified atom stereocenters. The van der Waals surface area contributed by atoms with Gasteiger partial charge < -0.3 is 25.4 Å². The summed E-state index contributed by atoms with van der Waals surface area (Å²) in [7, 11) is 0. The highest BCUT2D eigenvalue weighted by Gasteiger charge is 2.28. The summed E-state index contributed by atoms with van der Waals surface area (Å²) in [6, 6.07) is 6.22. The average Bonchev–Trinajstić information content (AvgIpc) is 3.44. The zero-order valence-corrected chi connectivity index (χ0v) is 17.6. The molecule has 1 saturated heterocycles. The van der Waals surface area contributed by atoms with Gasteiger partial charge in [-0.15, -0.1) is 0 Å². The van der Waals surface area contributed by atoms with Crippen LogP contribution in [0.1, 0.15) is 43.7 Å². The molecule has 160 valence electrons. The van der Waals surface area contributed by atoms with Crippen molar-refractivity contribution < 1.29 is 14.3 Å². The second kappa shape index (κ2) is 11.0. The van der Waals surface area contributed by atoms with Crippen molar-refractivity contribution in [3.05, 3.63) is 29.3 Å². The third kappa shape index (κ3) is 7.24. The lowest BCUT2D eigenvalue weighted by atomic mass is 10.1. The number of nitrogens with one attached hydrogen (secondary N) is 3. The zero-order valence-electron chi connectivity index (χ0n) is 17.6. The molecule has 1 aromatic rings. The maximum Gasteiger partial charge on any atom is 0.223 e. The molecule has 2 aliphatic rings. The predicted molar refractivity (Wildman–Crippen MR) is 114 cm³/mol. The molecule has 29 heavy (non-hydrogen) atoms. The predicted octanol–water partition coefficient (Wildman–Crippen LogP) is 2.13. The Balaban J connectivity index is 1.52. The van der Waals surface area contributed by atoms with E-state index in [1.807, 2.05) is 6.92 Å². The molecule has 1 aliphatic carbocycles. The average molecular weight is 403 g/mol. The van der Waals surface area contributed by atoms with E-state index in [4.69, 9.17) is 9.47 Å². The van der Waals surface area contributed by atoms with E-state index >= 15 is 0 Å². The van der Waals surface area contributed by atoms with Crippen LogP contribution in [0.2, 0.25) is 0 Å². The number of aryl methyl sites for hydroxylation is 1. The molecule has 1 heterocycles. The zero-order chi connectivity index (χ0) is 20.5. The van der Waals surface area contributed by atoms with Crippen molar-refractivity contribution in [3.8, 4) is 5.75 Å². The van der Waals surface area contributed by atoms with E-state index in [1.165, 1.54) is 0 Å². The lowest BCUT2D eigenvalue weighted by Crippen LogP contribution is -2.41. The van der Waals surface area contributed by atoms with Crippen molar-refractivity contribution in [2.45, 2.75) is 52.2 Å². The van der Waals surface area contributed by atoms with Crippen molar-refractivity contribution in [1.82, 2.24) is 16.0 Å². The quantitative estimate of drug-likeness (QED) is 0.317. The SMILES string of the molecule is CCNC(=NCc1ccc(C)cc1OCC1CCCO1)NCCNC(=O)C1CC1. The smallest absolute Gasteiger partial charge is 0.223 e. The Hall–Kier alpha value is -2.28. The summed E-state index contributed by atoms with van der Waals surface area (Å²) in [5.74, 6) is 2.02. The van der Waals surface area contributed by atoms with Crippen LogP contribution in [0.4, 0.5) is 0 Å². The first-order valence-corrected chi connectivity index (χ1v) is 10.8. The maximum absolute atomic E-state index is 11.7. The molecule has 2 fully saturated rings. The van der Waals surface area contributed by atoms with Crippen LogP contribution in [0, 0.1) is 12.8 Å². The largest absolute Gasteiger partial charge is 0.491 e. The van der Waals surface area contributed by atoms with Crippen molar-refractivity contribution in [2.75, 3.05) is 32.8 Å². The van der Waals surface area contributed by atoms with Gasteiger partial charge in [-0.25, -0.2) is 4.99 Å². The number of hydrogen-bond acceptors (Lipinski definition) is 4. The second-order valence-corrected chi connectivity index (χ2v) is 7.74. The Morgan fingerprint density at radius 2 is 2.03 bits per heavy atom. The summed E-state index contributed by atoms with van der Waals surface area (Å²) < 4.78 is 11.7. The van der Waals surface area contributed by atoms with E-state index in [0.717, 1.165) is 61.7 Å². The number of nitrogens with zero attached hydrogens (tertiary/aromatic N) is 1. The van der Waals surface area contributed by atoms with Gasteiger partial charge in [0.25, 0.3) is 0 Å². The maximum atomic E-state index is 11.7. The van der Waals surface area contributed by atoms with E-state index in [9.17, 15) is 4.79 Å². The third-order valence-corrected chi connectivity index (χ3v) is 5.09. The molecule has 7 heteroatoms. The highest BCUT2D eigenvalue weighted by molar-refractivity contribution is 5.81. The molecule has 0 radical (unpaired) electrons. The first kappa shape index (κ1) is 21.4. The topological polar surface area (TPSA) is 84.0 Å². The monoisotopic (exact) mass is 402 g/mol. The number of carbonyl (C=O) groups is 1. The summed E-state index contributed by atoms with van der Waals surface area (Å²) in [5.41, 5.74) is 2.21. The summed E-state index contributed by atoms with van der Waals surface area (Å²) >= 11 is 0. The van der Waals surface area contributed by atoms with Crippen molar-refractivity contribution in [1.29, 1.82) is 0 Å². The Morgan fingerprint density at radius 1 is 1.21 bits per heavy atom. The number of ether oxygens (including phenoxy) is 2. The van der Waals surface area contributed by atoms with Gasteiger partial charge in [0, 0.05) is 37.7 Å². The van der Waals surface area contributed by atoms with Crippen LogP contribution in [-0.4, -0.2) is 50.8 Å². The number of hydrogen-bond donors (Lipinski definition) is 3. The lowest BCUT2D eigenvalue weighted by Gasteiger charge is -2.16. The molecular formula is C22H34N4O3. The number of benzene rings is 1. The van der Waals surface area contributed by atoms with Crippen LogP contribution in [0.15, 0.2) is 23.2 Å². The van der Waals surface area contributed by atoms with Crippen LogP contribution in [0.3, 0.4) is 0 Å². The molecule has 3 N–H and O–H groups in total. The van der Waals surface area contributed by atoms with Gasteiger partial charge in [-0.1, -0.05) is 12.1 Å². The summed E-state index contributed by atoms with van der Waals surface area (Å²) in [4.78, 5) is 16.4. The van der Waals surface area contributed by atoms with E-state index in [0.29, 0.717) is 26.2 Å². The minimum Gasteiger partial charge on any atom is -0.491 e. The molecule has 1 aliphatic heterocycles. The molecule has 0 bridgehead atoms. The van der Waals surface area contributed by atoms with Crippen LogP contribution in [0.5, 0.6) is 5.75 Å². The van der Waals surface area contributed by atoms with Gasteiger partial charge in [0.15, 0.2) is 5.96 Å². The Bertz CT molecular complexity index is 697. The van der Waals surface area contributed by atoms with Gasteiger partial charge in [0.05, 0.1) is 12.6 Å². The van der Waals surface area contributed by atoms with Gasteiger partial charge in [-0.2, -0.15) is 0 Å². The van der Waals surface area contributed by atoms with Gasteiger partial charge in [-0.05, 0) is 51.2 Å². The fourth-order valence-electron chi connectivity index (χ4n) is 3.25. The Kier molecular flexibility index (Phi) is 8.16. The summed E-state index contributed by atoms with van der Waals surface area (Å²) in [6.07, 6.45) is 4.41. The van der Waals surface area contributed by atoms with Crippen molar-refractivity contribution in [2.24, 2.45) is 10.9 Å².